The van der Waals surface area contributed by atoms with E-state index in [1.54, 1.807) is 6.20 Å². The molecule has 0 saturated carbocycles. The lowest BCUT2D eigenvalue weighted by Gasteiger charge is -2.30. The molecule has 3 saturated heterocycles. The first-order chi connectivity index (χ1) is 28.3. The molecule has 15 heteroatoms. The van der Waals surface area contributed by atoms with Gasteiger partial charge in [-0.05, 0) is 54.2 Å². The van der Waals surface area contributed by atoms with Crippen molar-refractivity contribution in [3.63, 3.8) is 0 Å². The fourth-order valence-electron chi connectivity index (χ4n) is 8.78. The summed E-state index contributed by atoms with van der Waals surface area (Å²) in [4.78, 5) is 68.8. The Labute approximate surface area is 345 Å². The van der Waals surface area contributed by atoms with Crippen molar-refractivity contribution in [2.24, 2.45) is 18.9 Å². The Hall–Kier alpha value is -5.70. The zero-order valence-electron chi connectivity index (χ0n) is 35.0. The first kappa shape index (κ1) is 41.5. The molecule has 314 valence electrons. The van der Waals surface area contributed by atoms with Crippen LogP contribution in [-0.2, 0) is 30.8 Å². The first-order valence-corrected chi connectivity index (χ1v) is 20.5. The van der Waals surface area contributed by atoms with E-state index in [9.17, 15) is 19.2 Å². The van der Waals surface area contributed by atoms with Crippen LogP contribution in [0.25, 0.3) is 33.6 Å². The molecule has 5 heterocycles. The van der Waals surface area contributed by atoms with Crippen LogP contribution in [0.1, 0.15) is 83.5 Å². The second-order valence-corrected chi connectivity index (χ2v) is 16.7. The number of hydrogen-bond acceptors (Lipinski definition) is 9. The molecule has 15 nitrogen and oxygen atoms in total. The van der Waals surface area contributed by atoms with E-state index in [-0.39, 0.29) is 35.7 Å². The minimum atomic E-state index is -0.749. The number of rotatable bonds is 11. The molecule has 5 atom stereocenters. The van der Waals surface area contributed by atoms with Crippen molar-refractivity contribution in [2.75, 3.05) is 33.9 Å². The van der Waals surface area contributed by atoms with Gasteiger partial charge < -0.3 is 44.2 Å². The number of benzene rings is 2. The number of imidazole rings is 2. The average Bonchev–Trinajstić information content (AvgIpc) is 4.10. The standard InChI is InChI=1S/C44H56N8O7/c1-26(2)36(48-42(55)57-6)40(53)51-20-8-10-34(51)39-47-33(24-50(39)5)31-17-13-29(14-18-31)28-11-15-30(16-12-28)32-23-45-38(46-32)35-22-44(19-9-21-59-44)25-52(35)41(54)37(27(3)4)49-43(56)58-7/h11-18,23-24,26-27,34-37H,8-10,19-22,25H2,1-7H3,(H,45,46)(H,48,55)(H,49,56)/t34-,35-,36+,37-,44-/m0/s1. The van der Waals surface area contributed by atoms with Gasteiger partial charge in [-0.2, -0.15) is 0 Å². The smallest absolute Gasteiger partial charge is 0.407 e. The molecule has 3 N–H and O–H groups in total. The van der Waals surface area contributed by atoms with Crippen molar-refractivity contribution in [3.8, 4) is 33.6 Å². The average molecular weight is 809 g/mol. The van der Waals surface area contributed by atoms with Gasteiger partial charge in [-0.15, -0.1) is 0 Å². The van der Waals surface area contributed by atoms with E-state index < -0.39 is 29.9 Å². The van der Waals surface area contributed by atoms with E-state index in [1.165, 1.54) is 14.2 Å². The van der Waals surface area contributed by atoms with Gasteiger partial charge >= 0.3 is 12.2 Å². The molecular formula is C44H56N8O7. The van der Waals surface area contributed by atoms with Crippen LogP contribution in [0.2, 0.25) is 0 Å². The number of amides is 4. The fourth-order valence-corrected chi connectivity index (χ4v) is 8.78. The third-order valence-electron chi connectivity index (χ3n) is 12.0. The summed E-state index contributed by atoms with van der Waals surface area (Å²) in [5.74, 6) is 0.915. The van der Waals surface area contributed by atoms with Gasteiger partial charge in [-0.1, -0.05) is 76.2 Å². The van der Waals surface area contributed by atoms with Crippen LogP contribution in [0.5, 0.6) is 0 Å². The van der Waals surface area contributed by atoms with E-state index in [0.29, 0.717) is 31.9 Å². The summed E-state index contributed by atoms with van der Waals surface area (Å²) < 4.78 is 17.8. The molecule has 2 aromatic heterocycles. The molecule has 3 fully saturated rings. The van der Waals surface area contributed by atoms with Crippen molar-refractivity contribution < 1.29 is 33.4 Å². The minimum absolute atomic E-state index is 0.109. The lowest BCUT2D eigenvalue weighted by atomic mass is 9.96. The number of aromatic nitrogens is 4. The zero-order valence-corrected chi connectivity index (χ0v) is 35.0. The van der Waals surface area contributed by atoms with Crippen LogP contribution in [0.4, 0.5) is 9.59 Å². The van der Waals surface area contributed by atoms with E-state index in [2.05, 4.69) is 64.1 Å². The van der Waals surface area contributed by atoms with Gasteiger partial charge in [0.15, 0.2) is 0 Å². The highest BCUT2D eigenvalue weighted by molar-refractivity contribution is 5.87. The number of hydrogen-bond donors (Lipinski definition) is 3. The number of ether oxygens (including phenoxy) is 3. The van der Waals surface area contributed by atoms with E-state index >= 15 is 0 Å². The number of nitrogens with one attached hydrogen (secondary N) is 3. The zero-order chi connectivity index (χ0) is 42.0. The number of H-pyrrole nitrogens is 1. The lowest BCUT2D eigenvalue weighted by Crippen LogP contribution is -2.51. The molecule has 4 aromatic rings. The van der Waals surface area contributed by atoms with Crippen molar-refractivity contribution >= 4 is 24.0 Å². The van der Waals surface area contributed by atoms with Crippen LogP contribution < -0.4 is 10.6 Å². The van der Waals surface area contributed by atoms with Crippen LogP contribution >= 0.6 is 0 Å². The molecule has 0 bridgehead atoms. The molecule has 0 unspecified atom stereocenters. The van der Waals surface area contributed by atoms with Crippen molar-refractivity contribution in [1.82, 2.24) is 40.0 Å². The van der Waals surface area contributed by atoms with E-state index in [1.807, 2.05) is 55.3 Å². The van der Waals surface area contributed by atoms with Crippen LogP contribution in [0.3, 0.4) is 0 Å². The lowest BCUT2D eigenvalue weighted by molar-refractivity contribution is -0.136. The molecular weight excluding hydrogens is 753 g/mol. The minimum Gasteiger partial charge on any atom is -0.453 e. The van der Waals surface area contributed by atoms with Gasteiger partial charge in [0.25, 0.3) is 0 Å². The Morgan fingerprint density at radius 1 is 0.814 bits per heavy atom. The largest absolute Gasteiger partial charge is 0.453 e. The molecule has 59 heavy (non-hydrogen) atoms. The highest BCUT2D eigenvalue weighted by Gasteiger charge is 2.51. The highest BCUT2D eigenvalue weighted by atomic mass is 16.5. The second kappa shape index (κ2) is 17.3. The third-order valence-corrected chi connectivity index (χ3v) is 12.0. The summed E-state index contributed by atoms with van der Waals surface area (Å²) in [6.45, 7) is 9.31. The summed E-state index contributed by atoms with van der Waals surface area (Å²) >= 11 is 0. The van der Waals surface area contributed by atoms with Crippen LogP contribution in [0.15, 0.2) is 60.9 Å². The maximum Gasteiger partial charge on any atom is 0.407 e. The monoisotopic (exact) mass is 808 g/mol. The molecule has 3 aliphatic rings. The maximum atomic E-state index is 14.0. The molecule has 4 amide bonds. The molecule has 3 aliphatic heterocycles. The van der Waals surface area contributed by atoms with Crippen molar-refractivity contribution in [3.05, 3.63) is 72.6 Å². The topological polar surface area (TPSA) is 173 Å². The highest BCUT2D eigenvalue weighted by Crippen LogP contribution is 2.45. The van der Waals surface area contributed by atoms with Crippen LogP contribution in [-0.4, -0.2) is 105 Å². The Morgan fingerprint density at radius 3 is 1.95 bits per heavy atom. The van der Waals surface area contributed by atoms with Crippen molar-refractivity contribution in [1.29, 1.82) is 0 Å². The third kappa shape index (κ3) is 8.56. The molecule has 7 rings (SSSR count). The number of likely N-dealkylation sites (tertiary alicyclic amines) is 2. The summed E-state index contributed by atoms with van der Waals surface area (Å²) in [7, 11) is 4.54. The molecule has 1 spiro atoms. The number of alkyl carbamates (subject to hydrolysis) is 2. The number of aryl methyl sites for hydroxylation is 1. The second-order valence-electron chi connectivity index (χ2n) is 16.7. The molecule has 0 radical (unpaired) electrons. The summed E-state index contributed by atoms with van der Waals surface area (Å²) in [5.41, 5.74) is 5.24. The number of carbonyl (C=O) groups is 4. The maximum absolute atomic E-state index is 14.0. The fraction of sp³-hybridized carbons (Fsp3) is 0.500. The predicted molar refractivity (Wildman–Crippen MR) is 221 cm³/mol. The molecule has 0 aliphatic carbocycles. The Bertz CT molecular complexity index is 2140. The number of methoxy groups -OCH3 is 2. The van der Waals surface area contributed by atoms with Crippen molar-refractivity contribution in [2.45, 2.75) is 89.6 Å². The Morgan fingerprint density at radius 2 is 1.39 bits per heavy atom. The number of nitrogens with zero attached hydrogens (tertiary/aromatic N) is 5. The van der Waals surface area contributed by atoms with Gasteiger partial charge in [-0.25, -0.2) is 19.6 Å². The predicted octanol–water partition coefficient (Wildman–Crippen LogP) is 6.39. The number of aromatic amines is 1. The quantitative estimate of drug-likeness (QED) is 0.155. The van der Waals surface area contributed by atoms with Gasteiger partial charge in [0, 0.05) is 38.4 Å². The van der Waals surface area contributed by atoms with Gasteiger partial charge in [-0.3, -0.25) is 9.59 Å². The van der Waals surface area contributed by atoms with Gasteiger partial charge in [0.05, 0.1) is 56.0 Å². The normalized spacial score (nSPS) is 21.3. The number of carbonyl (C=O) groups excluding carboxylic acids is 4. The molecule has 2 aromatic carbocycles. The summed E-state index contributed by atoms with van der Waals surface area (Å²) in [6, 6.07) is 14.6. The Balaban J connectivity index is 1.05. The van der Waals surface area contributed by atoms with Gasteiger partial charge in [0.1, 0.15) is 23.7 Å². The SMILES string of the molecule is COC(=O)N[C@H](C(=O)N1C[C@]2(CCCO2)C[C@H]1c1ncc(-c2ccc(-c3ccc(-c4cn(C)c([C@@H]5CCCN5C(=O)[C@H](NC(=O)OC)C(C)C)n4)cc3)cc2)[nH]1)C(C)C. The summed E-state index contributed by atoms with van der Waals surface area (Å²) in [5, 5.41) is 5.45. The first-order valence-electron chi connectivity index (χ1n) is 20.5. The summed E-state index contributed by atoms with van der Waals surface area (Å²) in [6.07, 6.45) is 6.60. The van der Waals surface area contributed by atoms with E-state index in [0.717, 1.165) is 65.1 Å². The Kier molecular flexibility index (Phi) is 12.1. The van der Waals surface area contributed by atoms with Gasteiger partial charge in [0.2, 0.25) is 11.8 Å². The van der Waals surface area contributed by atoms with Crippen LogP contribution in [0, 0.1) is 11.8 Å². The van der Waals surface area contributed by atoms with E-state index in [4.69, 9.17) is 24.2 Å².